The van der Waals surface area contributed by atoms with Gasteiger partial charge in [-0.15, -0.1) is 0 Å². The van der Waals surface area contributed by atoms with Crippen molar-refractivity contribution in [3.05, 3.63) is 11.5 Å². The maximum atomic E-state index is 12.9. The molecule has 22 heavy (non-hydrogen) atoms. The molecule has 8 heteroatoms. The summed E-state index contributed by atoms with van der Waals surface area (Å²) in [5.74, 6) is 0.364. The molecule has 2 saturated heterocycles. The molecule has 0 aromatic carbocycles. The number of aromatic nitrogens is 1. The molecule has 7 nitrogen and oxygen atoms in total. The summed E-state index contributed by atoms with van der Waals surface area (Å²) in [5.41, 5.74) is 0.433. The Morgan fingerprint density at radius 3 is 2.64 bits per heavy atom. The SMILES string of the molecule is Cc1noc(C)c1S(=O)(=O)N1CCCN(C2CCOC2)CC1. The molecule has 3 rings (SSSR count). The van der Waals surface area contributed by atoms with E-state index in [1.54, 1.807) is 18.2 Å². The van der Waals surface area contributed by atoms with Crippen molar-refractivity contribution in [2.24, 2.45) is 0 Å². The molecule has 0 radical (unpaired) electrons. The zero-order chi connectivity index (χ0) is 15.7. The van der Waals surface area contributed by atoms with Gasteiger partial charge in [-0.3, -0.25) is 4.90 Å². The Hall–Kier alpha value is -0.960. The zero-order valence-electron chi connectivity index (χ0n) is 13.1. The van der Waals surface area contributed by atoms with Crippen molar-refractivity contribution >= 4 is 10.0 Å². The van der Waals surface area contributed by atoms with Crippen LogP contribution in [0.5, 0.6) is 0 Å². The van der Waals surface area contributed by atoms with Gasteiger partial charge in [-0.1, -0.05) is 5.16 Å². The molecule has 2 fully saturated rings. The van der Waals surface area contributed by atoms with Crippen molar-refractivity contribution in [1.82, 2.24) is 14.4 Å². The van der Waals surface area contributed by atoms with Crippen LogP contribution in [-0.4, -0.2) is 68.2 Å². The van der Waals surface area contributed by atoms with Crippen LogP contribution < -0.4 is 0 Å². The van der Waals surface area contributed by atoms with Gasteiger partial charge in [-0.05, 0) is 33.2 Å². The summed E-state index contributed by atoms with van der Waals surface area (Å²) in [6, 6.07) is 0.432. The third-order valence-electron chi connectivity index (χ3n) is 4.48. The maximum Gasteiger partial charge on any atom is 0.248 e. The third-order valence-corrected chi connectivity index (χ3v) is 6.62. The van der Waals surface area contributed by atoms with E-state index in [-0.39, 0.29) is 4.90 Å². The first kappa shape index (κ1) is 15.9. The first-order chi connectivity index (χ1) is 10.5. The Kier molecular flexibility index (Phi) is 4.54. The van der Waals surface area contributed by atoms with Crippen LogP contribution in [0.4, 0.5) is 0 Å². The molecule has 1 unspecified atom stereocenters. The lowest BCUT2D eigenvalue weighted by Gasteiger charge is -2.26. The number of rotatable bonds is 3. The van der Waals surface area contributed by atoms with E-state index in [0.29, 0.717) is 30.6 Å². The van der Waals surface area contributed by atoms with E-state index in [4.69, 9.17) is 9.26 Å². The second-order valence-corrected chi connectivity index (χ2v) is 7.84. The summed E-state index contributed by atoms with van der Waals surface area (Å²) in [7, 11) is -3.53. The fourth-order valence-electron chi connectivity index (χ4n) is 3.30. The fraction of sp³-hybridized carbons (Fsp3) is 0.786. The van der Waals surface area contributed by atoms with Crippen LogP contribution in [0.15, 0.2) is 9.42 Å². The van der Waals surface area contributed by atoms with Crippen molar-refractivity contribution in [2.45, 2.75) is 37.6 Å². The lowest BCUT2D eigenvalue weighted by atomic mass is 10.2. The maximum absolute atomic E-state index is 12.9. The third kappa shape index (κ3) is 2.92. The van der Waals surface area contributed by atoms with Gasteiger partial charge >= 0.3 is 0 Å². The van der Waals surface area contributed by atoms with E-state index in [9.17, 15) is 8.42 Å². The molecule has 1 aromatic rings. The van der Waals surface area contributed by atoms with Crippen molar-refractivity contribution < 1.29 is 17.7 Å². The summed E-state index contributed by atoms with van der Waals surface area (Å²) in [6.45, 7) is 7.59. The minimum atomic E-state index is -3.53. The fourth-order valence-corrected chi connectivity index (χ4v) is 5.06. The molecule has 2 aliphatic rings. The molecule has 1 atom stereocenters. The minimum Gasteiger partial charge on any atom is -0.380 e. The normalized spacial score (nSPS) is 25.5. The molecule has 0 amide bonds. The molecule has 0 N–H and O–H groups in total. The Morgan fingerprint density at radius 1 is 1.18 bits per heavy atom. The largest absolute Gasteiger partial charge is 0.380 e. The Bertz CT molecular complexity index is 603. The van der Waals surface area contributed by atoms with Crippen LogP contribution in [0.3, 0.4) is 0 Å². The Balaban J connectivity index is 1.75. The zero-order valence-corrected chi connectivity index (χ0v) is 13.9. The molecule has 1 aromatic heterocycles. The second kappa shape index (κ2) is 6.27. The average Bonchev–Trinajstić information content (AvgIpc) is 3.03. The molecular formula is C14H23N3O4S. The van der Waals surface area contributed by atoms with Crippen molar-refractivity contribution in [1.29, 1.82) is 0 Å². The van der Waals surface area contributed by atoms with E-state index in [1.165, 1.54) is 0 Å². The first-order valence-electron chi connectivity index (χ1n) is 7.75. The van der Waals surface area contributed by atoms with Crippen molar-refractivity contribution in [3.63, 3.8) is 0 Å². The van der Waals surface area contributed by atoms with Gasteiger partial charge < -0.3 is 9.26 Å². The number of hydrogen-bond donors (Lipinski definition) is 0. The topological polar surface area (TPSA) is 75.9 Å². The summed E-state index contributed by atoms with van der Waals surface area (Å²) >= 11 is 0. The van der Waals surface area contributed by atoms with Gasteiger partial charge in [0.25, 0.3) is 0 Å². The monoisotopic (exact) mass is 329 g/mol. The smallest absolute Gasteiger partial charge is 0.248 e. The van der Waals surface area contributed by atoms with E-state index in [0.717, 1.165) is 39.1 Å². The van der Waals surface area contributed by atoms with Gasteiger partial charge in [-0.25, -0.2) is 8.42 Å². The summed E-state index contributed by atoms with van der Waals surface area (Å²) in [5, 5.41) is 3.77. The summed E-state index contributed by atoms with van der Waals surface area (Å²) in [4.78, 5) is 2.58. The lowest BCUT2D eigenvalue weighted by Crippen LogP contribution is -2.40. The van der Waals surface area contributed by atoms with Crippen LogP contribution in [0, 0.1) is 13.8 Å². The summed E-state index contributed by atoms with van der Waals surface area (Å²) in [6.07, 6.45) is 1.87. The quantitative estimate of drug-likeness (QED) is 0.815. The minimum absolute atomic E-state index is 0.227. The highest BCUT2D eigenvalue weighted by atomic mass is 32.2. The highest BCUT2D eigenvalue weighted by Gasteiger charge is 2.33. The van der Waals surface area contributed by atoms with Gasteiger partial charge in [0.2, 0.25) is 10.0 Å². The van der Waals surface area contributed by atoms with Gasteiger partial charge in [0, 0.05) is 32.3 Å². The molecular weight excluding hydrogens is 306 g/mol. The predicted octanol–water partition coefficient (Wildman–Crippen LogP) is 0.777. The van der Waals surface area contributed by atoms with E-state index < -0.39 is 10.0 Å². The first-order valence-corrected chi connectivity index (χ1v) is 9.19. The van der Waals surface area contributed by atoms with Crippen molar-refractivity contribution in [3.8, 4) is 0 Å². The van der Waals surface area contributed by atoms with E-state index >= 15 is 0 Å². The highest BCUT2D eigenvalue weighted by molar-refractivity contribution is 7.89. The number of hydrogen-bond acceptors (Lipinski definition) is 6. The highest BCUT2D eigenvalue weighted by Crippen LogP contribution is 2.25. The van der Waals surface area contributed by atoms with Crippen LogP contribution in [-0.2, 0) is 14.8 Å². The predicted molar refractivity (Wildman–Crippen MR) is 80.1 cm³/mol. The van der Waals surface area contributed by atoms with Crippen LogP contribution >= 0.6 is 0 Å². The molecule has 0 aliphatic carbocycles. The standard InChI is InChI=1S/C14H23N3O4S/c1-11-14(12(2)21-15-11)22(18,19)17-6-3-5-16(7-8-17)13-4-9-20-10-13/h13H,3-10H2,1-2H3. The lowest BCUT2D eigenvalue weighted by molar-refractivity contribution is 0.147. The molecule has 124 valence electrons. The van der Waals surface area contributed by atoms with Crippen LogP contribution in [0.1, 0.15) is 24.3 Å². The second-order valence-electron chi connectivity index (χ2n) is 5.96. The molecule has 0 saturated carbocycles. The molecule has 0 bridgehead atoms. The van der Waals surface area contributed by atoms with Gasteiger partial charge in [0.05, 0.1) is 6.61 Å². The number of nitrogens with zero attached hydrogens (tertiary/aromatic N) is 3. The Morgan fingerprint density at radius 2 is 2.00 bits per heavy atom. The number of sulfonamides is 1. The van der Waals surface area contributed by atoms with Gasteiger partial charge in [0.15, 0.2) is 5.76 Å². The van der Waals surface area contributed by atoms with Gasteiger partial charge in [0.1, 0.15) is 10.6 Å². The van der Waals surface area contributed by atoms with Crippen molar-refractivity contribution in [2.75, 3.05) is 39.4 Å². The number of aryl methyl sites for hydroxylation is 2. The van der Waals surface area contributed by atoms with Crippen LogP contribution in [0.25, 0.3) is 0 Å². The van der Waals surface area contributed by atoms with E-state index in [1.807, 2.05) is 0 Å². The van der Waals surface area contributed by atoms with Crippen LogP contribution in [0.2, 0.25) is 0 Å². The number of ether oxygens (including phenoxy) is 1. The molecule has 0 spiro atoms. The summed E-state index contributed by atoms with van der Waals surface area (Å²) < 4.78 is 37.7. The molecule has 3 heterocycles. The molecule has 2 aliphatic heterocycles. The van der Waals surface area contributed by atoms with E-state index in [2.05, 4.69) is 10.1 Å². The Labute approximate surface area is 131 Å². The average molecular weight is 329 g/mol. The van der Waals surface area contributed by atoms with Gasteiger partial charge in [-0.2, -0.15) is 4.31 Å².